The van der Waals surface area contributed by atoms with Crippen LogP contribution in [0.4, 0.5) is 29.5 Å². The van der Waals surface area contributed by atoms with E-state index in [0.717, 1.165) is 23.2 Å². The minimum absolute atomic E-state index is 0.00997. The molecule has 8 nitrogen and oxygen atoms in total. The number of hydrogen-bond acceptors (Lipinski definition) is 5. The van der Waals surface area contributed by atoms with E-state index in [2.05, 4.69) is 15.9 Å². The maximum absolute atomic E-state index is 12.8. The Balaban J connectivity index is 1.38. The van der Waals surface area contributed by atoms with Crippen LogP contribution in [0, 0.1) is 0 Å². The van der Waals surface area contributed by atoms with Crippen LogP contribution >= 0.6 is 0 Å². The van der Waals surface area contributed by atoms with Gasteiger partial charge in [0, 0.05) is 11.3 Å². The van der Waals surface area contributed by atoms with Gasteiger partial charge in [-0.15, -0.1) is 0 Å². The highest BCUT2D eigenvalue weighted by atomic mass is 19.4. The predicted octanol–water partition coefficient (Wildman–Crippen LogP) is 3.97. The topological polar surface area (TPSA) is 89.5 Å². The first-order chi connectivity index (χ1) is 16.3. The highest BCUT2D eigenvalue weighted by Gasteiger charge is 2.51. The average molecular weight is 489 g/mol. The molecule has 1 aliphatic heterocycles. The van der Waals surface area contributed by atoms with Crippen LogP contribution in [0.25, 0.3) is 0 Å². The van der Waals surface area contributed by atoms with E-state index >= 15 is 0 Å². The summed E-state index contributed by atoms with van der Waals surface area (Å²) in [5, 5.41) is 8.63. The Labute approximate surface area is 200 Å². The van der Waals surface area contributed by atoms with Gasteiger partial charge in [-0.2, -0.15) is 13.2 Å². The Morgan fingerprint density at radius 2 is 1.71 bits per heavy atom. The molecule has 1 aromatic heterocycles. The van der Waals surface area contributed by atoms with Crippen molar-refractivity contribution < 1.29 is 36.5 Å². The van der Waals surface area contributed by atoms with Gasteiger partial charge in [0.05, 0.1) is 16.8 Å². The summed E-state index contributed by atoms with van der Waals surface area (Å²) in [6.07, 6.45) is -3.04. The third-order valence-electron chi connectivity index (χ3n) is 6.02. The largest absolute Gasteiger partial charge is 0.494 e. The number of nitrogens with one attached hydrogen (secondary N) is 2. The molecule has 184 valence electrons. The van der Waals surface area contributed by atoms with E-state index in [1.807, 2.05) is 52.0 Å². The molecular weight excluding hydrogens is 464 g/mol. The molecule has 35 heavy (non-hydrogen) atoms. The van der Waals surface area contributed by atoms with Gasteiger partial charge in [-0.3, -0.25) is 9.84 Å². The molecule has 3 aromatic rings. The number of nitrogens with zero attached hydrogens (tertiary/aromatic N) is 2. The van der Waals surface area contributed by atoms with Crippen LogP contribution in [0.3, 0.4) is 0 Å². The first-order valence-corrected chi connectivity index (χ1v) is 10.9. The molecule has 2 amide bonds. The zero-order chi connectivity index (χ0) is 25.4. The fourth-order valence-corrected chi connectivity index (χ4v) is 3.46. The number of urea groups is 1. The predicted molar refractivity (Wildman–Crippen MR) is 122 cm³/mol. The summed E-state index contributed by atoms with van der Waals surface area (Å²) in [4.78, 5) is 12.2. The molecule has 2 N–H and O–H groups in total. The molecule has 0 atom stereocenters. The molecule has 2 heterocycles. The van der Waals surface area contributed by atoms with E-state index in [1.54, 1.807) is 0 Å². The second-order valence-corrected chi connectivity index (χ2v) is 9.25. The van der Waals surface area contributed by atoms with Crippen LogP contribution in [-0.2, 0) is 22.0 Å². The van der Waals surface area contributed by atoms with Gasteiger partial charge >= 0.3 is 25.2 Å². The van der Waals surface area contributed by atoms with Crippen LogP contribution in [0.15, 0.2) is 59.3 Å². The van der Waals surface area contributed by atoms with E-state index in [0.29, 0.717) is 6.54 Å². The second-order valence-electron chi connectivity index (χ2n) is 9.25. The molecule has 0 saturated carbocycles. The van der Waals surface area contributed by atoms with Crippen molar-refractivity contribution in [2.45, 2.75) is 51.6 Å². The normalized spacial score (nSPS) is 16.8. The first kappa shape index (κ1) is 24.7. The van der Waals surface area contributed by atoms with Crippen LogP contribution in [0.5, 0.6) is 0 Å². The van der Waals surface area contributed by atoms with Gasteiger partial charge in [-0.1, -0.05) is 30.3 Å². The summed E-state index contributed by atoms with van der Waals surface area (Å²) in [6, 6.07) is 11.2. The number of amides is 2. The van der Waals surface area contributed by atoms with Crippen molar-refractivity contribution in [3.63, 3.8) is 0 Å². The number of anilines is 2. The fourth-order valence-electron chi connectivity index (χ4n) is 3.46. The summed E-state index contributed by atoms with van der Waals surface area (Å²) in [5.74, 6) is 0.0246. The third-order valence-corrected chi connectivity index (χ3v) is 6.02. The van der Waals surface area contributed by atoms with Gasteiger partial charge in [-0.05, 0) is 56.0 Å². The minimum Gasteiger partial charge on any atom is -0.399 e. The molecule has 0 spiro atoms. The van der Waals surface area contributed by atoms with Crippen molar-refractivity contribution in [3.05, 3.63) is 65.9 Å². The highest BCUT2D eigenvalue weighted by molar-refractivity contribution is 6.62. The van der Waals surface area contributed by atoms with Crippen molar-refractivity contribution in [1.29, 1.82) is 0 Å². The molecule has 2 aromatic carbocycles. The lowest BCUT2D eigenvalue weighted by Gasteiger charge is -2.32. The fraction of sp³-hybridized carbons (Fsp3) is 0.348. The lowest BCUT2D eigenvalue weighted by Crippen LogP contribution is -2.41. The lowest BCUT2D eigenvalue weighted by atomic mass is 9.78. The number of alkyl halides is 3. The summed E-state index contributed by atoms with van der Waals surface area (Å²) >= 11 is 0. The van der Waals surface area contributed by atoms with E-state index < -0.39 is 36.1 Å². The van der Waals surface area contributed by atoms with Gasteiger partial charge < -0.3 is 14.6 Å². The molecule has 1 saturated heterocycles. The summed E-state index contributed by atoms with van der Waals surface area (Å²) in [5.41, 5.74) is -0.0210. The number of hydrogen-bond donors (Lipinski definition) is 2. The number of rotatable bonds is 5. The molecule has 0 bridgehead atoms. The van der Waals surface area contributed by atoms with Crippen molar-refractivity contribution in [1.82, 2.24) is 5.27 Å². The number of carbonyl (C=O) groups is 1. The molecule has 1 fully saturated rings. The summed E-state index contributed by atoms with van der Waals surface area (Å²) in [6.45, 7) is 8.28. The van der Waals surface area contributed by atoms with E-state index in [1.165, 1.54) is 23.0 Å². The minimum atomic E-state index is -4.51. The van der Waals surface area contributed by atoms with Crippen molar-refractivity contribution in [3.8, 4) is 0 Å². The number of halogens is 3. The van der Waals surface area contributed by atoms with Crippen LogP contribution in [-0.4, -0.2) is 29.6 Å². The second kappa shape index (κ2) is 9.01. The first-order valence-electron chi connectivity index (χ1n) is 10.9. The quantitative estimate of drug-likeness (QED) is 0.418. The van der Waals surface area contributed by atoms with Crippen LogP contribution < -0.4 is 20.8 Å². The van der Waals surface area contributed by atoms with E-state index in [4.69, 9.17) is 13.8 Å². The van der Waals surface area contributed by atoms with Gasteiger partial charge in [0.1, 0.15) is 0 Å². The van der Waals surface area contributed by atoms with E-state index in [-0.39, 0.29) is 11.6 Å². The molecule has 4 rings (SSSR count). The SMILES string of the molecule is CC1(C)OB(c2cccc(C[n+]3cc(NC(=O)Nc4cccc(C(F)(F)F)c4)on3)c2)OC1(C)C. The van der Waals surface area contributed by atoms with Gasteiger partial charge in [0.15, 0.2) is 0 Å². The van der Waals surface area contributed by atoms with Crippen LogP contribution in [0.1, 0.15) is 38.8 Å². The Kier molecular flexibility index (Phi) is 6.37. The molecule has 0 aliphatic carbocycles. The summed E-state index contributed by atoms with van der Waals surface area (Å²) < 4.78 is 57.3. The standard InChI is InChI=1S/C23H24BF3N4O4/c1-21(2)22(3,4)35-24(34-21)17-9-5-7-15(11-17)13-31-14-19(33-30-31)29-20(32)28-18-10-6-8-16(12-18)23(25,26)27/h5-12,14H,13H2,1-4H3,(H-,28,29,30,32)/p+1. The summed E-state index contributed by atoms with van der Waals surface area (Å²) in [7, 11) is -0.501. The van der Waals surface area contributed by atoms with Gasteiger partial charge in [0.2, 0.25) is 11.8 Å². The smallest absolute Gasteiger partial charge is 0.399 e. The highest BCUT2D eigenvalue weighted by Crippen LogP contribution is 2.36. The number of carbonyl (C=O) groups excluding carboxylic acids is 1. The Morgan fingerprint density at radius 1 is 1.03 bits per heavy atom. The Hall–Kier alpha value is -3.38. The molecule has 0 unspecified atom stereocenters. The molecule has 1 aliphatic rings. The van der Waals surface area contributed by atoms with Crippen molar-refractivity contribution in [2.75, 3.05) is 10.6 Å². The van der Waals surface area contributed by atoms with Crippen LogP contribution in [0.2, 0.25) is 0 Å². The van der Waals surface area contributed by atoms with E-state index in [9.17, 15) is 18.0 Å². The maximum atomic E-state index is 12.8. The zero-order valence-corrected chi connectivity index (χ0v) is 19.6. The van der Waals surface area contributed by atoms with Crippen molar-refractivity contribution in [2.24, 2.45) is 0 Å². The zero-order valence-electron chi connectivity index (χ0n) is 19.6. The monoisotopic (exact) mass is 489 g/mol. The molecule has 0 radical (unpaired) electrons. The van der Waals surface area contributed by atoms with Gasteiger partial charge in [0.25, 0.3) is 6.20 Å². The van der Waals surface area contributed by atoms with Gasteiger partial charge in [-0.25, -0.2) is 4.79 Å². The Morgan fingerprint density at radius 3 is 2.40 bits per heavy atom. The number of benzene rings is 2. The van der Waals surface area contributed by atoms with Crippen molar-refractivity contribution >= 4 is 30.2 Å². The third kappa shape index (κ3) is 5.65. The molecular formula is C23H25BF3N4O4+. The lowest BCUT2D eigenvalue weighted by molar-refractivity contribution is -0.754. The number of aromatic nitrogens is 2. The Bertz CT molecular complexity index is 1210. The maximum Gasteiger partial charge on any atom is 0.494 e. The molecule has 12 heteroatoms. The average Bonchev–Trinajstić information content (AvgIpc) is 3.27.